The first-order chi connectivity index (χ1) is 13.1. The monoisotopic (exact) mass is 397 g/mol. The van der Waals surface area contributed by atoms with Crippen LogP contribution in [0.1, 0.15) is 16.7 Å². The number of halogens is 4. The van der Waals surface area contributed by atoms with E-state index in [1.165, 1.54) is 25.1 Å². The zero-order valence-corrected chi connectivity index (χ0v) is 14.1. The summed E-state index contributed by atoms with van der Waals surface area (Å²) in [7, 11) is 0. The van der Waals surface area contributed by atoms with Crippen molar-refractivity contribution in [2.75, 3.05) is 0 Å². The number of nitro benzene ring substituents is 1. The van der Waals surface area contributed by atoms with Crippen molar-refractivity contribution in [1.82, 2.24) is 19.8 Å². The highest BCUT2D eigenvalue weighted by atomic mass is 19.4. The summed E-state index contributed by atoms with van der Waals surface area (Å²) in [5.74, 6) is -1.18. The van der Waals surface area contributed by atoms with Gasteiger partial charge in [0.2, 0.25) is 0 Å². The van der Waals surface area contributed by atoms with Gasteiger partial charge >= 0.3 is 11.9 Å². The lowest BCUT2D eigenvalue weighted by Crippen LogP contribution is -2.25. The number of rotatable bonds is 4. The lowest BCUT2D eigenvalue weighted by molar-refractivity contribution is -0.385. The predicted octanol–water partition coefficient (Wildman–Crippen LogP) is 2.85. The molecule has 0 bridgehead atoms. The summed E-state index contributed by atoms with van der Waals surface area (Å²) in [4.78, 5) is 22.7. The van der Waals surface area contributed by atoms with Crippen LogP contribution in [0.3, 0.4) is 0 Å². The van der Waals surface area contributed by atoms with Crippen LogP contribution in [-0.4, -0.2) is 24.7 Å². The minimum Gasteiger partial charge on any atom is -0.258 e. The number of aromatic nitrogens is 4. The molecule has 12 heteroatoms. The summed E-state index contributed by atoms with van der Waals surface area (Å²) >= 11 is 0. The highest BCUT2D eigenvalue weighted by Crippen LogP contribution is 2.30. The van der Waals surface area contributed by atoms with Crippen molar-refractivity contribution in [3.63, 3.8) is 0 Å². The standard InChI is InChI=1S/C16H11F4N5O3/c1-9-4-10(2-3-14(9)25(27)28)8-23-15(26)24(22-21-23)13-6-11(16(18,19)20)5-12(17)7-13/h2-7H,8H2,1H3. The molecule has 0 saturated heterocycles. The van der Waals surface area contributed by atoms with Gasteiger partial charge in [0.15, 0.2) is 0 Å². The molecule has 3 aromatic rings. The zero-order valence-electron chi connectivity index (χ0n) is 14.1. The first-order valence-corrected chi connectivity index (χ1v) is 7.71. The van der Waals surface area contributed by atoms with E-state index in [0.717, 1.165) is 10.7 Å². The molecule has 0 spiro atoms. The summed E-state index contributed by atoms with van der Waals surface area (Å²) in [6, 6.07) is 5.78. The van der Waals surface area contributed by atoms with E-state index in [1.54, 1.807) is 0 Å². The molecule has 0 aliphatic heterocycles. The highest BCUT2D eigenvalue weighted by Gasteiger charge is 2.32. The number of hydrogen-bond acceptors (Lipinski definition) is 5. The van der Waals surface area contributed by atoms with Gasteiger partial charge in [0, 0.05) is 11.6 Å². The zero-order chi connectivity index (χ0) is 20.6. The Balaban J connectivity index is 1.95. The third-order valence-corrected chi connectivity index (χ3v) is 3.88. The topological polar surface area (TPSA) is 95.8 Å². The molecule has 8 nitrogen and oxygen atoms in total. The van der Waals surface area contributed by atoms with Gasteiger partial charge in [-0.05, 0) is 47.2 Å². The molecule has 1 aromatic heterocycles. The van der Waals surface area contributed by atoms with Crippen LogP contribution in [-0.2, 0) is 12.7 Å². The van der Waals surface area contributed by atoms with Gasteiger partial charge in [-0.3, -0.25) is 10.1 Å². The lowest BCUT2D eigenvalue weighted by atomic mass is 10.1. The van der Waals surface area contributed by atoms with Gasteiger partial charge in [-0.1, -0.05) is 6.07 Å². The molecule has 0 radical (unpaired) electrons. The largest absolute Gasteiger partial charge is 0.416 e. The average molecular weight is 397 g/mol. The molecule has 1 heterocycles. The van der Waals surface area contributed by atoms with Crippen molar-refractivity contribution in [3.05, 3.63) is 79.5 Å². The van der Waals surface area contributed by atoms with Crippen LogP contribution in [0, 0.1) is 22.9 Å². The Hall–Kier alpha value is -3.57. The van der Waals surface area contributed by atoms with Crippen molar-refractivity contribution >= 4 is 5.69 Å². The summed E-state index contributed by atoms with van der Waals surface area (Å²) in [5.41, 5.74) is -1.83. The van der Waals surface area contributed by atoms with Gasteiger partial charge in [0.25, 0.3) is 5.69 Å². The minimum absolute atomic E-state index is 0.0980. The fourth-order valence-corrected chi connectivity index (χ4v) is 2.59. The van der Waals surface area contributed by atoms with Gasteiger partial charge < -0.3 is 0 Å². The Morgan fingerprint density at radius 2 is 1.86 bits per heavy atom. The summed E-state index contributed by atoms with van der Waals surface area (Å²) in [6.45, 7) is 1.39. The Morgan fingerprint density at radius 3 is 2.46 bits per heavy atom. The van der Waals surface area contributed by atoms with Gasteiger partial charge in [-0.25, -0.2) is 9.18 Å². The van der Waals surface area contributed by atoms with Crippen LogP contribution in [0.25, 0.3) is 5.69 Å². The lowest BCUT2D eigenvalue weighted by Gasteiger charge is -2.08. The van der Waals surface area contributed by atoms with Crippen molar-refractivity contribution in [2.24, 2.45) is 0 Å². The number of nitrogens with zero attached hydrogens (tertiary/aromatic N) is 5. The van der Waals surface area contributed by atoms with Crippen LogP contribution in [0.15, 0.2) is 41.2 Å². The SMILES string of the molecule is Cc1cc(Cn2nnn(-c3cc(F)cc(C(F)(F)F)c3)c2=O)ccc1[N+](=O)[O-]. The molecule has 0 fully saturated rings. The quantitative estimate of drug-likeness (QED) is 0.383. The van der Waals surface area contributed by atoms with E-state index >= 15 is 0 Å². The number of tetrazole rings is 1. The summed E-state index contributed by atoms with van der Waals surface area (Å²) in [5, 5.41) is 17.9. The van der Waals surface area contributed by atoms with Crippen molar-refractivity contribution in [3.8, 4) is 5.69 Å². The molecule has 0 N–H and O–H groups in total. The Morgan fingerprint density at radius 1 is 1.14 bits per heavy atom. The fraction of sp³-hybridized carbons (Fsp3) is 0.188. The summed E-state index contributed by atoms with van der Waals surface area (Å²) < 4.78 is 53.5. The number of alkyl halides is 3. The summed E-state index contributed by atoms with van der Waals surface area (Å²) in [6.07, 6.45) is -4.80. The normalized spacial score (nSPS) is 11.6. The number of benzene rings is 2. The Bertz CT molecular complexity index is 1120. The molecule has 146 valence electrons. The molecule has 0 aliphatic rings. The highest BCUT2D eigenvalue weighted by molar-refractivity contribution is 5.42. The number of nitro groups is 1. The molecule has 0 atom stereocenters. The van der Waals surface area contributed by atoms with Gasteiger partial charge in [-0.15, -0.1) is 0 Å². The molecule has 3 rings (SSSR count). The molecule has 0 aliphatic carbocycles. The maximum atomic E-state index is 13.6. The van der Waals surface area contributed by atoms with Gasteiger partial charge in [0.05, 0.1) is 22.7 Å². The van der Waals surface area contributed by atoms with Crippen molar-refractivity contribution in [1.29, 1.82) is 0 Å². The third-order valence-electron chi connectivity index (χ3n) is 3.88. The van der Waals surface area contributed by atoms with Crippen LogP contribution in [0.2, 0.25) is 0 Å². The second kappa shape index (κ2) is 6.87. The fourth-order valence-electron chi connectivity index (χ4n) is 2.59. The maximum Gasteiger partial charge on any atom is 0.416 e. The van der Waals surface area contributed by atoms with E-state index in [4.69, 9.17) is 0 Å². The predicted molar refractivity (Wildman–Crippen MR) is 87.5 cm³/mol. The molecule has 28 heavy (non-hydrogen) atoms. The molecular formula is C16H11F4N5O3. The second-order valence-corrected chi connectivity index (χ2v) is 5.90. The van der Waals surface area contributed by atoms with Gasteiger partial charge in [-0.2, -0.15) is 22.5 Å². The number of aryl methyl sites for hydroxylation is 1. The van der Waals surface area contributed by atoms with Crippen molar-refractivity contribution in [2.45, 2.75) is 19.6 Å². The first-order valence-electron chi connectivity index (χ1n) is 7.71. The first kappa shape index (κ1) is 19.2. The maximum absolute atomic E-state index is 13.6. The van der Waals surface area contributed by atoms with E-state index < -0.39 is 33.9 Å². The Kier molecular flexibility index (Phi) is 4.71. The minimum atomic E-state index is -4.80. The molecule has 0 unspecified atom stereocenters. The average Bonchev–Trinajstić information content (AvgIpc) is 2.94. The molecule has 0 amide bonds. The van der Waals surface area contributed by atoms with E-state index in [2.05, 4.69) is 10.4 Å². The number of hydrogen-bond donors (Lipinski definition) is 0. The van der Waals surface area contributed by atoms with E-state index in [9.17, 15) is 32.5 Å². The molecule has 0 saturated carbocycles. The van der Waals surface area contributed by atoms with Crippen LogP contribution in [0.5, 0.6) is 0 Å². The van der Waals surface area contributed by atoms with Crippen LogP contribution < -0.4 is 5.69 Å². The molecule has 2 aromatic carbocycles. The van der Waals surface area contributed by atoms with E-state index in [0.29, 0.717) is 27.9 Å². The van der Waals surface area contributed by atoms with Gasteiger partial charge in [0.1, 0.15) is 5.82 Å². The third kappa shape index (κ3) is 3.75. The van der Waals surface area contributed by atoms with E-state index in [1.807, 2.05) is 0 Å². The van der Waals surface area contributed by atoms with E-state index in [-0.39, 0.29) is 12.2 Å². The second-order valence-electron chi connectivity index (χ2n) is 5.90. The Labute approximate surface area is 153 Å². The van der Waals surface area contributed by atoms with Crippen LogP contribution in [0.4, 0.5) is 23.2 Å². The smallest absolute Gasteiger partial charge is 0.258 e. The molecular weight excluding hydrogens is 386 g/mol. The van der Waals surface area contributed by atoms with Crippen LogP contribution >= 0.6 is 0 Å². The van der Waals surface area contributed by atoms with Crippen molar-refractivity contribution < 1.29 is 22.5 Å².